The van der Waals surface area contributed by atoms with E-state index in [1.807, 2.05) is 26.0 Å². The Morgan fingerprint density at radius 2 is 1.58 bits per heavy atom. The summed E-state index contributed by atoms with van der Waals surface area (Å²) in [6.07, 6.45) is -1.19. The molecular formula is C24H36N2O7. The van der Waals surface area contributed by atoms with Crippen LogP contribution in [0.4, 0.5) is 0 Å². The Morgan fingerprint density at radius 3 is 2.12 bits per heavy atom. The Morgan fingerprint density at radius 1 is 0.970 bits per heavy atom. The fourth-order valence-electron chi connectivity index (χ4n) is 2.50. The van der Waals surface area contributed by atoms with Crippen LogP contribution in [-0.2, 0) is 11.2 Å². The Balaban J connectivity index is 0.000000346. The van der Waals surface area contributed by atoms with E-state index in [2.05, 4.69) is 5.32 Å². The molecule has 0 saturated heterocycles. The van der Waals surface area contributed by atoms with Crippen LogP contribution in [0.5, 0.6) is 17.2 Å². The minimum Gasteiger partial charge on any atom is -0.493 e. The predicted molar refractivity (Wildman–Crippen MR) is 126 cm³/mol. The maximum Gasteiger partial charge on any atom is 0.221 e. The molecule has 6 N–H and O–H groups in total. The minimum absolute atomic E-state index is 0.0525. The predicted octanol–water partition coefficient (Wildman–Crippen LogP) is 0.879. The van der Waals surface area contributed by atoms with E-state index in [1.54, 1.807) is 43.5 Å². The Bertz CT molecular complexity index is 800. The van der Waals surface area contributed by atoms with Gasteiger partial charge in [-0.3, -0.25) is 4.79 Å². The molecule has 9 heteroatoms. The van der Waals surface area contributed by atoms with Gasteiger partial charge < -0.3 is 40.6 Å². The molecule has 2 rings (SSSR count). The lowest BCUT2D eigenvalue weighted by Crippen LogP contribution is -2.35. The number of benzene rings is 2. The van der Waals surface area contributed by atoms with Crippen LogP contribution in [0.25, 0.3) is 0 Å². The van der Waals surface area contributed by atoms with E-state index in [1.165, 1.54) is 0 Å². The van der Waals surface area contributed by atoms with Crippen molar-refractivity contribution in [3.63, 3.8) is 0 Å². The van der Waals surface area contributed by atoms with Crippen LogP contribution in [-0.4, -0.2) is 73.0 Å². The van der Waals surface area contributed by atoms with Crippen LogP contribution >= 0.6 is 0 Å². The number of amides is 1. The number of carbonyl (C=O) groups excluding carboxylic acids is 1. The molecule has 0 bridgehead atoms. The van der Waals surface area contributed by atoms with Gasteiger partial charge in [-0.15, -0.1) is 0 Å². The highest BCUT2D eigenvalue weighted by Crippen LogP contribution is 2.25. The number of nitrogens with two attached hydrogens (primary N) is 1. The number of hydrogen-bond acceptors (Lipinski definition) is 8. The molecule has 2 atom stereocenters. The lowest BCUT2D eigenvalue weighted by Gasteiger charge is -2.15. The third-order valence-corrected chi connectivity index (χ3v) is 4.22. The van der Waals surface area contributed by atoms with Gasteiger partial charge >= 0.3 is 0 Å². The van der Waals surface area contributed by atoms with E-state index in [9.17, 15) is 9.90 Å². The lowest BCUT2D eigenvalue weighted by molar-refractivity contribution is -0.117. The second-order valence-corrected chi connectivity index (χ2v) is 7.61. The van der Waals surface area contributed by atoms with Crippen molar-refractivity contribution < 1.29 is 34.3 Å². The van der Waals surface area contributed by atoms with Gasteiger partial charge in [0.15, 0.2) is 11.5 Å². The van der Waals surface area contributed by atoms with Crippen molar-refractivity contribution in [1.82, 2.24) is 5.32 Å². The molecule has 0 aliphatic carbocycles. The maximum atomic E-state index is 10.7. The Kier molecular flexibility index (Phi) is 13.6. The summed E-state index contributed by atoms with van der Waals surface area (Å²) in [4.78, 5) is 10.7. The van der Waals surface area contributed by atoms with Crippen molar-refractivity contribution in [2.45, 2.75) is 38.5 Å². The quantitative estimate of drug-likeness (QED) is 0.294. The van der Waals surface area contributed by atoms with Gasteiger partial charge in [0.2, 0.25) is 5.91 Å². The van der Waals surface area contributed by atoms with Crippen LogP contribution in [0.1, 0.15) is 19.4 Å². The molecule has 1 amide bonds. The largest absolute Gasteiger partial charge is 0.493 e. The third-order valence-electron chi connectivity index (χ3n) is 4.22. The number of para-hydroxylation sites is 2. The van der Waals surface area contributed by atoms with Crippen LogP contribution in [0, 0.1) is 0 Å². The van der Waals surface area contributed by atoms with Gasteiger partial charge in [-0.25, -0.2) is 0 Å². The van der Waals surface area contributed by atoms with Crippen molar-refractivity contribution in [2.75, 3.05) is 33.5 Å². The van der Waals surface area contributed by atoms with Crippen molar-refractivity contribution >= 4 is 5.91 Å². The molecule has 184 valence electrons. The fraction of sp³-hybridized carbons (Fsp3) is 0.458. The zero-order chi connectivity index (χ0) is 24.6. The van der Waals surface area contributed by atoms with Gasteiger partial charge in [0, 0.05) is 12.6 Å². The molecule has 0 aliphatic heterocycles. The molecule has 2 aromatic carbocycles. The van der Waals surface area contributed by atoms with E-state index in [0.717, 1.165) is 5.56 Å². The Labute approximate surface area is 195 Å². The molecule has 0 fully saturated rings. The van der Waals surface area contributed by atoms with Gasteiger partial charge in [-0.1, -0.05) is 38.1 Å². The molecule has 2 unspecified atom stereocenters. The van der Waals surface area contributed by atoms with E-state index >= 15 is 0 Å². The van der Waals surface area contributed by atoms with Crippen LogP contribution in [0.3, 0.4) is 0 Å². The van der Waals surface area contributed by atoms with E-state index in [-0.39, 0.29) is 32.1 Å². The molecule has 0 heterocycles. The number of rotatable bonds is 13. The van der Waals surface area contributed by atoms with Gasteiger partial charge in [-0.2, -0.15) is 0 Å². The molecule has 0 aromatic heterocycles. The van der Waals surface area contributed by atoms with Crippen molar-refractivity contribution in [3.05, 3.63) is 54.1 Å². The highest BCUT2D eigenvalue weighted by atomic mass is 16.5. The standard InChI is InChI=1S/C14H22N2O3.C10H14O4/c1-10(2)16-8-12(17)9-19-13-5-3-11(4-6-13)7-14(15)18;1-13-9-4-2-3-5-10(9)14-7-8(12)6-11/h3-6,10,12,16-17H,7-9H2,1-2H3,(H2,15,18);2-5,8,11-12H,6-7H2,1H3. The summed E-state index contributed by atoms with van der Waals surface area (Å²) in [5, 5.41) is 30.5. The zero-order valence-corrected chi connectivity index (χ0v) is 19.4. The topological polar surface area (TPSA) is 144 Å². The molecule has 0 saturated carbocycles. The Hall–Kier alpha value is -2.85. The van der Waals surface area contributed by atoms with Crippen LogP contribution < -0.4 is 25.3 Å². The number of hydrogen-bond donors (Lipinski definition) is 5. The number of methoxy groups -OCH3 is 1. The lowest BCUT2D eigenvalue weighted by atomic mass is 10.1. The highest BCUT2D eigenvalue weighted by Gasteiger charge is 2.07. The second kappa shape index (κ2) is 15.9. The molecule has 0 radical (unpaired) electrons. The van der Waals surface area contributed by atoms with Crippen molar-refractivity contribution in [2.24, 2.45) is 5.73 Å². The van der Waals surface area contributed by atoms with Gasteiger partial charge in [0.05, 0.1) is 20.1 Å². The van der Waals surface area contributed by atoms with Crippen molar-refractivity contribution in [3.8, 4) is 17.2 Å². The molecular weight excluding hydrogens is 428 g/mol. The van der Waals surface area contributed by atoms with Crippen LogP contribution in [0.15, 0.2) is 48.5 Å². The number of primary amides is 1. The summed E-state index contributed by atoms with van der Waals surface area (Å²) >= 11 is 0. The summed E-state index contributed by atoms with van der Waals surface area (Å²) in [6, 6.07) is 14.6. The van der Waals surface area contributed by atoms with Gasteiger partial charge in [0.25, 0.3) is 0 Å². The van der Waals surface area contributed by atoms with E-state index in [0.29, 0.717) is 29.8 Å². The summed E-state index contributed by atoms with van der Waals surface area (Å²) in [7, 11) is 1.55. The number of aliphatic hydroxyl groups is 3. The smallest absolute Gasteiger partial charge is 0.221 e. The summed E-state index contributed by atoms with van der Waals surface area (Å²) < 4.78 is 15.7. The number of aliphatic hydroxyl groups excluding tert-OH is 3. The first-order valence-corrected chi connectivity index (χ1v) is 10.7. The second-order valence-electron chi connectivity index (χ2n) is 7.61. The highest BCUT2D eigenvalue weighted by molar-refractivity contribution is 5.76. The monoisotopic (exact) mass is 464 g/mol. The van der Waals surface area contributed by atoms with Gasteiger partial charge in [-0.05, 0) is 29.8 Å². The molecule has 9 nitrogen and oxygen atoms in total. The third kappa shape index (κ3) is 12.7. The summed E-state index contributed by atoms with van der Waals surface area (Å²) in [5.41, 5.74) is 5.96. The average Bonchev–Trinajstić information content (AvgIpc) is 2.80. The maximum absolute atomic E-state index is 10.7. The normalized spacial score (nSPS) is 12.3. The SMILES string of the molecule is CC(C)NCC(O)COc1ccc(CC(N)=O)cc1.COc1ccccc1OCC(O)CO. The first-order chi connectivity index (χ1) is 15.7. The molecule has 33 heavy (non-hydrogen) atoms. The summed E-state index contributed by atoms with van der Waals surface area (Å²) in [6.45, 7) is 4.51. The number of nitrogens with one attached hydrogen (secondary N) is 1. The summed E-state index contributed by atoms with van der Waals surface area (Å²) in [5.74, 6) is 1.47. The fourth-order valence-corrected chi connectivity index (χ4v) is 2.50. The molecule has 0 spiro atoms. The first kappa shape index (κ1) is 28.2. The van der Waals surface area contributed by atoms with Crippen molar-refractivity contribution in [1.29, 1.82) is 0 Å². The van der Waals surface area contributed by atoms with Gasteiger partial charge in [0.1, 0.15) is 31.2 Å². The van der Waals surface area contributed by atoms with E-state index in [4.69, 9.17) is 30.2 Å². The minimum atomic E-state index is -0.861. The first-order valence-electron chi connectivity index (χ1n) is 10.7. The molecule has 2 aromatic rings. The number of ether oxygens (including phenoxy) is 3. The van der Waals surface area contributed by atoms with E-state index < -0.39 is 12.2 Å². The zero-order valence-electron chi connectivity index (χ0n) is 19.4. The number of carbonyl (C=O) groups is 1. The van der Waals surface area contributed by atoms with Crippen LogP contribution in [0.2, 0.25) is 0 Å². The molecule has 0 aliphatic rings. The average molecular weight is 465 g/mol.